The van der Waals surface area contributed by atoms with Gasteiger partial charge >= 0.3 is 0 Å². The largest absolute Gasteiger partial charge is 0.439 e. The number of oxazole rings is 1. The molecule has 0 radical (unpaired) electrons. The Morgan fingerprint density at radius 2 is 1.78 bits per heavy atom. The number of aromatic nitrogens is 1. The molecule has 4 heteroatoms. The fraction of sp³-hybridized carbons (Fsp3) is 0.211. The maximum atomic E-state index is 13.0. The first kappa shape index (κ1) is 15.0. The van der Waals surface area contributed by atoms with Gasteiger partial charge in [-0.2, -0.15) is 5.26 Å². The fourth-order valence-corrected chi connectivity index (χ4v) is 2.60. The van der Waals surface area contributed by atoms with Crippen LogP contribution in [0.25, 0.3) is 11.1 Å². The molecule has 0 N–H and O–H groups in total. The SMILES string of the molecule is CC(C)(C(=O)[C@@H](C#N)c1nc2ccccc2o1)c1ccccc1. The standard InChI is InChI=1S/C19H16N2O2/c1-19(2,13-8-4-3-5-9-13)17(22)14(12-20)18-21-15-10-6-7-11-16(15)23-18/h3-11,14H,1-2H3/t14-/m1/s1. The zero-order valence-corrected chi connectivity index (χ0v) is 13.0. The summed E-state index contributed by atoms with van der Waals surface area (Å²) >= 11 is 0. The third-order valence-electron chi connectivity index (χ3n) is 4.06. The number of Topliss-reactive ketones (excluding diaryl/α,β-unsaturated/α-hetero) is 1. The highest BCUT2D eigenvalue weighted by Crippen LogP contribution is 2.32. The van der Waals surface area contributed by atoms with Gasteiger partial charge in [-0.15, -0.1) is 0 Å². The van der Waals surface area contributed by atoms with E-state index in [1.165, 1.54) is 0 Å². The van der Waals surface area contributed by atoms with Gasteiger partial charge < -0.3 is 4.42 Å². The summed E-state index contributed by atoms with van der Waals surface area (Å²) in [6, 6.07) is 18.7. The number of nitriles is 1. The molecule has 23 heavy (non-hydrogen) atoms. The molecule has 0 aliphatic rings. The lowest BCUT2D eigenvalue weighted by Crippen LogP contribution is -2.33. The monoisotopic (exact) mass is 304 g/mol. The minimum absolute atomic E-state index is 0.155. The van der Waals surface area contributed by atoms with Crippen molar-refractivity contribution in [2.45, 2.75) is 25.2 Å². The minimum Gasteiger partial charge on any atom is -0.439 e. The van der Waals surface area contributed by atoms with Crippen LogP contribution in [-0.2, 0) is 10.2 Å². The molecular weight excluding hydrogens is 288 g/mol. The van der Waals surface area contributed by atoms with Gasteiger partial charge in [0.25, 0.3) is 0 Å². The van der Waals surface area contributed by atoms with Gasteiger partial charge in [0.2, 0.25) is 5.89 Å². The highest BCUT2D eigenvalue weighted by atomic mass is 16.3. The number of benzene rings is 2. The number of carbonyl (C=O) groups excluding carboxylic acids is 1. The van der Waals surface area contributed by atoms with Crippen LogP contribution < -0.4 is 0 Å². The summed E-state index contributed by atoms with van der Waals surface area (Å²) in [5.41, 5.74) is 1.28. The molecule has 0 spiro atoms. The van der Waals surface area contributed by atoms with Gasteiger partial charge in [-0.1, -0.05) is 42.5 Å². The quantitative estimate of drug-likeness (QED) is 0.731. The molecule has 3 rings (SSSR count). The molecule has 0 saturated heterocycles. The Kier molecular flexibility index (Phi) is 3.71. The number of hydrogen-bond acceptors (Lipinski definition) is 4. The molecule has 0 saturated carbocycles. The van der Waals surface area contributed by atoms with E-state index in [-0.39, 0.29) is 11.7 Å². The highest BCUT2D eigenvalue weighted by Gasteiger charge is 2.38. The van der Waals surface area contributed by atoms with Crippen molar-refractivity contribution in [3.05, 3.63) is 66.1 Å². The van der Waals surface area contributed by atoms with Gasteiger partial charge in [-0.05, 0) is 31.5 Å². The second-order valence-corrected chi connectivity index (χ2v) is 5.94. The van der Waals surface area contributed by atoms with Crippen molar-refractivity contribution in [2.24, 2.45) is 0 Å². The van der Waals surface area contributed by atoms with Crippen molar-refractivity contribution in [2.75, 3.05) is 0 Å². The van der Waals surface area contributed by atoms with E-state index in [0.717, 1.165) is 5.56 Å². The molecule has 1 aromatic heterocycles. The van der Waals surface area contributed by atoms with E-state index < -0.39 is 11.3 Å². The number of hydrogen-bond donors (Lipinski definition) is 0. The Morgan fingerprint density at radius 3 is 2.43 bits per heavy atom. The number of nitrogens with zero attached hydrogens (tertiary/aromatic N) is 2. The van der Waals surface area contributed by atoms with Crippen LogP contribution >= 0.6 is 0 Å². The Hall–Kier alpha value is -2.93. The molecule has 0 bridgehead atoms. The summed E-state index contributed by atoms with van der Waals surface area (Å²) in [6.45, 7) is 3.63. The van der Waals surface area contributed by atoms with E-state index in [4.69, 9.17) is 4.42 Å². The molecule has 0 unspecified atom stereocenters. The van der Waals surface area contributed by atoms with Crippen LogP contribution in [0.5, 0.6) is 0 Å². The Bertz CT molecular complexity index is 855. The molecule has 4 nitrogen and oxygen atoms in total. The van der Waals surface area contributed by atoms with Crippen molar-refractivity contribution in [3.63, 3.8) is 0 Å². The van der Waals surface area contributed by atoms with Crippen LogP contribution in [0.2, 0.25) is 0 Å². The predicted octanol–water partition coefficient (Wildman–Crippen LogP) is 3.98. The number of carbonyl (C=O) groups is 1. The number of para-hydroxylation sites is 2. The fourth-order valence-electron chi connectivity index (χ4n) is 2.60. The Morgan fingerprint density at radius 1 is 1.13 bits per heavy atom. The Balaban J connectivity index is 2.00. The topological polar surface area (TPSA) is 66.9 Å². The molecule has 114 valence electrons. The van der Waals surface area contributed by atoms with Crippen molar-refractivity contribution < 1.29 is 9.21 Å². The lowest BCUT2D eigenvalue weighted by Gasteiger charge is -2.25. The van der Waals surface area contributed by atoms with E-state index in [1.807, 2.05) is 62.4 Å². The van der Waals surface area contributed by atoms with Crippen molar-refractivity contribution in [3.8, 4) is 6.07 Å². The van der Waals surface area contributed by atoms with Crippen molar-refractivity contribution in [1.29, 1.82) is 5.26 Å². The van der Waals surface area contributed by atoms with Gasteiger partial charge in [0.05, 0.1) is 11.5 Å². The normalized spacial score (nSPS) is 12.7. The molecule has 1 atom stereocenters. The summed E-state index contributed by atoms with van der Waals surface area (Å²) in [7, 11) is 0. The Labute approximate surface area is 134 Å². The zero-order valence-electron chi connectivity index (χ0n) is 13.0. The number of fused-ring (bicyclic) bond motifs is 1. The van der Waals surface area contributed by atoms with Crippen LogP contribution in [0.3, 0.4) is 0 Å². The molecular formula is C19H16N2O2. The molecule has 0 aliphatic carbocycles. The summed E-state index contributed by atoms with van der Waals surface area (Å²) in [4.78, 5) is 17.3. The van der Waals surface area contributed by atoms with Gasteiger partial charge in [0.1, 0.15) is 5.52 Å². The lowest BCUT2D eigenvalue weighted by molar-refractivity contribution is -0.124. The van der Waals surface area contributed by atoms with Gasteiger partial charge in [-0.3, -0.25) is 4.79 Å². The van der Waals surface area contributed by atoms with Crippen LogP contribution in [0.15, 0.2) is 59.0 Å². The molecule has 0 fully saturated rings. The van der Waals surface area contributed by atoms with E-state index in [9.17, 15) is 10.1 Å². The predicted molar refractivity (Wildman–Crippen MR) is 86.8 cm³/mol. The minimum atomic E-state index is -1.03. The lowest BCUT2D eigenvalue weighted by atomic mass is 9.76. The van der Waals surface area contributed by atoms with Crippen LogP contribution in [0, 0.1) is 11.3 Å². The van der Waals surface area contributed by atoms with Gasteiger partial charge in [0, 0.05) is 0 Å². The molecule has 0 aliphatic heterocycles. The maximum absolute atomic E-state index is 13.0. The van der Waals surface area contributed by atoms with Crippen LogP contribution in [0.1, 0.15) is 31.2 Å². The first-order valence-corrected chi connectivity index (χ1v) is 7.39. The van der Waals surface area contributed by atoms with Gasteiger partial charge in [0.15, 0.2) is 17.3 Å². The number of rotatable bonds is 4. The first-order valence-electron chi connectivity index (χ1n) is 7.39. The third-order valence-corrected chi connectivity index (χ3v) is 4.06. The first-order chi connectivity index (χ1) is 11.0. The van der Waals surface area contributed by atoms with E-state index >= 15 is 0 Å². The zero-order chi connectivity index (χ0) is 16.4. The van der Waals surface area contributed by atoms with Gasteiger partial charge in [-0.25, -0.2) is 4.98 Å². The van der Waals surface area contributed by atoms with Crippen molar-refractivity contribution in [1.82, 2.24) is 4.98 Å². The average molecular weight is 304 g/mol. The molecule has 1 heterocycles. The van der Waals surface area contributed by atoms with E-state index in [0.29, 0.717) is 11.1 Å². The van der Waals surface area contributed by atoms with Crippen LogP contribution in [0.4, 0.5) is 0 Å². The second-order valence-electron chi connectivity index (χ2n) is 5.94. The van der Waals surface area contributed by atoms with E-state index in [1.54, 1.807) is 12.1 Å². The summed E-state index contributed by atoms with van der Waals surface area (Å²) in [6.07, 6.45) is 0. The molecule has 0 amide bonds. The summed E-state index contributed by atoms with van der Waals surface area (Å²) < 4.78 is 5.62. The third kappa shape index (κ3) is 2.62. The maximum Gasteiger partial charge on any atom is 0.220 e. The summed E-state index contributed by atoms with van der Waals surface area (Å²) in [5.74, 6) is -1.10. The summed E-state index contributed by atoms with van der Waals surface area (Å²) in [5, 5.41) is 9.51. The smallest absolute Gasteiger partial charge is 0.220 e. The molecule has 2 aromatic carbocycles. The number of ketones is 1. The average Bonchev–Trinajstić information content (AvgIpc) is 2.99. The van der Waals surface area contributed by atoms with Crippen molar-refractivity contribution >= 4 is 16.9 Å². The van der Waals surface area contributed by atoms with E-state index in [2.05, 4.69) is 4.98 Å². The van der Waals surface area contributed by atoms with Crippen LogP contribution in [-0.4, -0.2) is 10.8 Å². The second kappa shape index (κ2) is 5.69. The molecule has 3 aromatic rings. The highest BCUT2D eigenvalue weighted by molar-refractivity contribution is 5.96.